The van der Waals surface area contributed by atoms with Crippen LogP contribution < -0.4 is 5.56 Å². The summed E-state index contributed by atoms with van der Waals surface area (Å²) in [5.74, 6) is 0.889. The number of pyridine rings is 2. The second kappa shape index (κ2) is 7.36. The van der Waals surface area contributed by atoms with Gasteiger partial charge in [0.1, 0.15) is 5.82 Å². The zero-order valence-corrected chi connectivity index (χ0v) is 17.2. The highest BCUT2D eigenvalue weighted by molar-refractivity contribution is 6.10. The smallest absolute Gasteiger partial charge is 0.255 e. The third-order valence-corrected chi connectivity index (χ3v) is 5.83. The third-order valence-electron chi connectivity index (χ3n) is 5.83. The van der Waals surface area contributed by atoms with E-state index < -0.39 is 0 Å². The van der Waals surface area contributed by atoms with E-state index in [0.717, 1.165) is 33.7 Å². The molecule has 4 heteroatoms. The standard InChI is InChI=1S/C28H19N3O/c32-28-13-4-6-17-30(28)22-9-7-8-20(18-22)21-14-15-24-23-10-1-2-11-25(23)31(26(24)19-21)27-12-3-5-16-29-27/h1-19H. The minimum Gasteiger partial charge on any atom is -0.294 e. The molecule has 32 heavy (non-hydrogen) atoms. The summed E-state index contributed by atoms with van der Waals surface area (Å²) < 4.78 is 3.87. The Balaban J connectivity index is 1.58. The second-order valence-electron chi connectivity index (χ2n) is 7.73. The van der Waals surface area contributed by atoms with Crippen molar-refractivity contribution >= 4 is 21.8 Å². The second-order valence-corrected chi connectivity index (χ2v) is 7.73. The van der Waals surface area contributed by atoms with E-state index in [4.69, 9.17) is 0 Å². The molecule has 0 aliphatic heterocycles. The monoisotopic (exact) mass is 413 g/mol. The predicted octanol–water partition coefficient (Wildman–Crippen LogP) is 6.00. The lowest BCUT2D eigenvalue weighted by Gasteiger charge is -2.10. The van der Waals surface area contributed by atoms with Crippen LogP contribution in [-0.2, 0) is 0 Å². The summed E-state index contributed by atoms with van der Waals surface area (Å²) in [5.41, 5.74) is 5.17. The van der Waals surface area contributed by atoms with Crippen molar-refractivity contribution < 1.29 is 0 Å². The Morgan fingerprint density at radius 3 is 2.31 bits per heavy atom. The first-order valence-corrected chi connectivity index (χ1v) is 10.5. The fourth-order valence-corrected chi connectivity index (χ4v) is 4.36. The minimum absolute atomic E-state index is 0.0459. The van der Waals surface area contributed by atoms with Gasteiger partial charge in [-0.2, -0.15) is 0 Å². The van der Waals surface area contributed by atoms with Crippen LogP contribution in [0.2, 0.25) is 0 Å². The van der Waals surface area contributed by atoms with Crippen LogP contribution in [0, 0.1) is 0 Å². The Kier molecular flexibility index (Phi) is 4.22. The Morgan fingerprint density at radius 1 is 0.625 bits per heavy atom. The molecule has 6 aromatic rings. The number of hydrogen-bond acceptors (Lipinski definition) is 2. The van der Waals surface area contributed by atoms with Gasteiger partial charge in [-0.15, -0.1) is 0 Å². The molecule has 152 valence electrons. The van der Waals surface area contributed by atoms with Crippen molar-refractivity contribution in [2.24, 2.45) is 0 Å². The maximum atomic E-state index is 12.3. The first-order valence-electron chi connectivity index (χ1n) is 10.5. The number of aromatic nitrogens is 3. The van der Waals surface area contributed by atoms with E-state index >= 15 is 0 Å². The van der Waals surface area contributed by atoms with E-state index in [1.807, 2.05) is 42.6 Å². The van der Waals surface area contributed by atoms with Crippen LogP contribution in [0.1, 0.15) is 0 Å². The molecule has 0 radical (unpaired) electrons. The molecule has 0 bridgehead atoms. The van der Waals surface area contributed by atoms with Gasteiger partial charge in [-0.3, -0.25) is 13.9 Å². The maximum Gasteiger partial charge on any atom is 0.255 e. The van der Waals surface area contributed by atoms with Gasteiger partial charge in [-0.25, -0.2) is 4.98 Å². The average molecular weight is 413 g/mol. The van der Waals surface area contributed by atoms with E-state index in [9.17, 15) is 4.79 Å². The highest BCUT2D eigenvalue weighted by Gasteiger charge is 2.13. The van der Waals surface area contributed by atoms with E-state index in [-0.39, 0.29) is 5.56 Å². The molecule has 3 heterocycles. The molecule has 0 saturated heterocycles. The molecule has 0 spiro atoms. The molecule has 0 amide bonds. The summed E-state index contributed by atoms with van der Waals surface area (Å²) in [6.07, 6.45) is 3.62. The summed E-state index contributed by atoms with van der Waals surface area (Å²) in [6.45, 7) is 0. The Bertz CT molecular complexity index is 1640. The number of fused-ring (bicyclic) bond motifs is 3. The average Bonchev–Trinajstić information content (AvgIpc) is 3.19. The lowest BCUT2D eigenvalue weighted by Crippen LogP contribution is -2.15. The van der Waals surface area contributed by atoms with Gasteiger partial charge in [-0.1, -0.05) is 54.6 Å². The number of nitrogens with zero attached hydrogens (tertiary/aromatic N) is 3. The first-order chi connectivity index (χ1) is 15.8. The molecule has 0 aliphatic rings. The van der Waals surface area contributed by atoms with Crippen molar-refractivity contribution in [3.8, 4) is 22.6 Å². The Hall–Kier alpha value is -4.44. The largest absolute Gasteiger partial charge is 0.294 e. The molecule has 0 atom stereocenters. The molecular formula is C28H19N3O. The minimum atomic E-state index is -0.0459. The quantitative estimate of drug-likeness (QED) is 0.357. The van der Waals surface area contributed by atoms with Crippen LogP contribution in [0.15, 0.2) is 120 Å². The van der Waals surface area contributed by atoms with Crippen molar-refractivity contribution in [3.05, 3.63) is 126 Å². The molecule has 0 unspecified atom stereocenters. The SMILES string of the molecule is O=c1ccccn1-c1cccc(-c2ccc3c4ccccc4n(-c4ccccn4)c3c2)c1. The van der Waals surface area contributed by atoms with Crippen molar-refractivity contribution in [2.75, 3.05) is 0 Å². The van der Waals surface area contributed by atoms with Gasteiger partial charge < -0.3 is 0 Å². The molecule has 0 saturated carbocycles. The van der Waals surface area contributed by atoms with Crippen LogP contribution in [0.25, 0.3) is 44.4 Å². The van der Waals surface area contributed by atoms with Crippen LogP contribution in [0.4, 0.5) is 0 Å². The van der Waals surface area contributed by atoms with Gasteiger partial charge in [0.2, 0.25) is 0 Å². The Labute approximate surface area is 184 Å². The number of para-hydroxylation sites is 1. The van der Waals surface area contributed by atoms with E-state index in [1.165, 1.54) is 10.8 Å². The van der Waals surface area contributed by atoms with Crippen LogP contribution >= 0.6 is 0 Å². The highest BCUT2D eigenvalue weighted by atomic mass is 16.1. The summed E-state index contributed by atoms with van der Waals surface area (Å²) in [5, 5.41) is 2.38. The fraction of sp³-hybridized carbons (Fsp3) is 0. The van der Waals surface area contributed by atoms with Gasteiger partial charge >= 0.3 is 0 Å². The number of benzene rings is 3. The van der Waals surface area contributed by atoms with Gasteiger partial charge in [0, 0.05) is 34.9 Å². The summed E-state index contributed by atoms with van der Waals surface area (Å²) in [4.78, 5) is 16.9. The molecule has 0 fully saturated rings. The zero-order valence-electron chi connectivity index (χ0n) is 17.2. The lowest BCUT2D eigenvalue weighted by molar-refractivity contribution is 0.991. The molecule has 0 aliphatic carbocycles. The predicted molar refractivity (Wildman–Crippen MR) is 130 cm³/mol. The Morgan fingerprint density at radius 2 is 1.44 bits per heavy atom. The van der Waals surface area contributed by atoms with Crippen LogP contribution in [-0.4, -0.2) is 14.1 Å². The van der Waals surface area contributed by atoms with Crippen molar-refractivity contribution in [3.63, 3.8) is 0 Å². The van der Waals surface area contributed by atoms with Gasteiger partial charge in [-0.05, 0) is 53.6 Å². The number of rotatable bonds is 3. The molecular weight excluding hydrogens is 394 g/mol. The molecule has 6 rings (SSSR count). The normalized spacial score (nSPS) is 11.2. The number of hydrogen-bond donors (Lipinski definition) is 0. The zero-order chi connectivity index (χ0) is 21.5. The first kappa shape index (κ1) is 18.3. The van der Waals surface area contributed by atoms with Crippen LogP contribution in [0.5, 0.6) is 0 Å². The molecule has 0 N–H and O–H groups in total. The molecule has 3 aromatic carbocycles. The van der Waals surface area contributed by atoms with Gasteiger partial charge in [0.05, 0.1) is 11.0 Å². The lowest BCUT2D eigenvalue weighted by atomic mass is 10.0. The van der Waals surface area contributed by atoms with Gasteiger partial charge in [0.15, 0.2) is 0 Å². The van der Waals surface area contributed by atoms with E-state index in [1.54, 1.807) is 22.9 Å². The van der Waals surface area contributed by atoms with E-state index in [2.05, 4.69) is 64.1 Å². The van der Waals surface area contributed by atoms with Gasteiger partial charge in [0.25, 0.3) is 5.56 Å². The third kappa shape index (κ3) is 2.93. The maximum absolute atomic E-state index is 12.3. The molecule has 4 nitrogen and oxygen atoms in total. The summed E-state index contributed by atoms with van der Waals surface area (Å²) in [6, 6.07) is 34.2. The topological polar surface area (TPSA) is 39.8 Å². The molecule has 3 aromatic heterocycles. The van der Waals surface area contributed by atoms with Crippen molar-refractivity contribution in [1.29, 1.82) is 0 Å². The van der Waals surface area contributed by atoms with Crippen LogP contribution in [0.3, 0.4) is 0 Å². The fourth-order valence-electron chi connectivity index (χ4n) is 4.36. The highest BCUT2D eigenvalue weighted by Crippen LogP contribution is 2.34. The van der Waals surface area contributed by atoms with Crippen molar-refractivity contribution in [1.82, 2.24) is 14.1 Å². The summed E-state index contributed by atoms with van der Waals surface area (Å²) in [7, 11) is 0. The van der Waals surface area contributed by atoms with E-state index in [0.29, 0.717) is 0 Å². The van der Waals surface area contributed by atoms with Crippen molar-refractivity contribution in [2.45, 2.75) is 0 Å². The summed E-state index contributed by atoms with van der Waals surface area (Å²) >= 11 is 0.